The highest BCUT2D eigenvalue weighted by Crippen LogP contribution is 2.32. The van der Waals surface area contributed by atoms with Gasteiger partial charge in [0.2, 0.25) is 6.79 Å². The molecule has 2 aliphatic heterocycles. The summed E-state index contributed by atoms with van der Waals surface area (Å²) in [5.74, 6) is 2.47. The molecule has 0 aliphatic carbocycles. The van der Waals surface area contributed by atoms with Crippen molar-refractivity contribution in [2.24, 2.45) is 0 Å². The molecule has 1 saturated heterocycles. The smallest absolute Gasteiger partial charge is 0.231 e. The minimum absolute atomic E-state index is 0.313. The number of aliphatic hydroxyl groups is 1. The van der Waals surface area contributed by atoms with Crippen molar-refractivity contribution in [1.29, 1.82) is 0 Å². The summed E-state index contributed by atoms with van der Waals surface area (Å²) in [6, 6.07) is 14.1. The highest BCUT2D eigenvalue weighted by molar-refractivity contribution is 5.44. The summed E-state index contributed by atoms with van der Waals surface area (Å²) in [5, 5.41) is 10.3. The summed E-state index contributed by atoms with van der Waals surface area (Å²) in [7, 11) is 0. The van der Waals surface area contributed by atoms with Gasteiger partial charge in [-0.2, -0.15) is 0 Å². The van der Waals surface area contributed by atoms with Gasteiger partial charge in [0, 0.05) is 39.3 Å². The van der Waals surface area contributed by atoms with Gasteiger partial charge < -0.3 is 19.3 Å². The van der Waals surface area contributed by atoms with Crippen molar-refractivity contribution in [3.63, 3.8) is 0 Å². The van der Waals surface area contributed by atoms with E-state index in [-0.39, 0.29) is 0 Å². The zero-order chi connectivity index (χ0) is 19.3. The van der Waals surface area contributed by atoms with Crippen LogP contribution in [0.2, 0.25) is 0 Å². The van der Waals surface area contributed by atoms with E-state index >= 15 is 0 Å². The fourth-order valence-corrected chi connectivity index (χ4v) is 3.61. The molecule has 2 heterocycles. The van der Waals surface area contributed by atoms with Crippen LogP contribution in [0.1, 0.15) is 11.1 Å². The molecule has 150 valence electrons. The second-order valence-electron chi connectivity index (χ2n) is 7.54. The molecule has 0 bridgehead atoms. The lowest BCUT2D eigenvalue weighted by Gasteiger charge is -2.35. The second kappa shape index (κ2) is 8.82. The van der Waals surface area contributed by atoms with Crippen molar-refractivity contribution in [3.05, 3.63) is 53.6 Å². The van der Waals surface area contributed by atoms with E-state index in [1.807, 2.05) is 37.3 Å². The van der Waals surface area contributed by atoms with E-state index < -0.39 is 6.10 Å². The Kier molecular flexibility index (Phi) is 6.00. The summed E-state index contributed by atoms with van der Waals surface area (Å²) >= 11 is 0. The quantitative estimate of drug-likeness (QED) is 0.791. The fraction of sp³-hybridized carbons (Fsp3) is 0.455. The Bertz CT molecular complexity index is 773. The highest BCUT2D eigenvalue weighted by Gasteiger charge is 2.20. The summed E-state index contributed by atoms with van der Waals surface area (Å²) in [5.41, 5.74) is 2.44. The van der Waals surface area contributed by atoms with Crippen LogP contribution in [-0.2, 0) is 6.54 Å². The highest BCUT2D eigenvalue weighted by atomic mass is 16.7. The minimum Gasteiger partial charge on any atom is -0.491 e. The van der Waals surface area contributed by atoms with Crippen molar-refractivity contribution in [1.82, 2.24) is 9.80 Å². The first kappa shape index (κ1) is 19.1. The van der Waals surface area contributed by atoms with E-state index in [1.165, 1.54) is 11.1 Å². The second-order valence-corrected chi connectivity index (χ2v) is 7.54. The largest absolute Gasteiger partial charge is 0.491 e. The van der Waals surface area contributed by atoms with Gasteiger partial charge in [-0.05, 0) is 36.8 Å². The molecule has 2 aromatic carbocycles. The van der Waals surface area contributed by atoms with Gasteiger partial charge in [0.15, 0.2) is 11.5 Å². The Morgan fingerprint density at radius 2 is 1.68 bits per heavy atom. The molecule has 2 aliphatic rings. The Labute approximate surface area is 166 Å². The minimum atomic E-state index is -0.485. The fourth-order valence-electron chi connectivity index (χ4n) is 3.61. The van der Waals surface area contributed by atoms with Crippen LogP contribution < -0.4 is 14.2 Å². The molecule has 2 aromatic rings. The number of hydrogen-bond acceptors (Lipinski definition) is 6. The molecule has 28 heavy (non-hydrogen) atoms. The molecule has 0 radical (unpaired) electrons. The Morgan fingerprint density at radius 3 is 2.46 bits per heavy atom. The monoisotopic (exact) mass is 384 g/mol. The molecule has 1 atom stereocenters. The maximum Gasteiger partial charge on any atom is 0.231 e. The van der Waals surface area contributed by atoms with E-state index in [0.29, 0.717) is 19.9 Å². The molecular weight excluding hydrogens is 356 g/mol. The summed E-state index contributed by atoms with van der Waals surface area (Å²) < 4.78 is 16.5. The van der Waals surface area contributed by atoms with Crippen molar-refractivity contribution in [2.45, 2.75) is 19.6 Å². The summed E-state index contributed by atoms with van der Waals surface area (Å²) in [4.78, 5) is 4.74. The molecule has 1 fully saturated rings. The van der Waals surface area contributed by atoms with E-state index in [2.05, 4.69) is 21.9 Å². The van der Waals surface area contributed by atoms with Crippen molar-refractivity contribution >= 4 is 0 Å². The van der Waals surface area contributed by atoms with Crippen molar-refractivity contribution < 1.29 is 19.3 Å². The number of piperazine rings is 1. The Hall–Kier alpha value is -2.28. The van der Waals surface area contributed by atoms with E-state index in [1.54, 1.807) is 0 Å². The SMILES string of the molecule is Cc1ccc(OC[C@@H](O)CN2CCN(Cc3ccc4c(c3)OCO4)CC2)cc1. The zero-order valence-corrected chi connectivity index (χ0v) is 16.3. The van der Waals surface area contributed by atoms with Crippen LogP contribution in [0.15, 0.2) is 42.5 Å². The average Bonchev–Trinajstić information content (AvgIpc) is 3.17. The predicted octanol–water partition coefficient (Wildman–Crippen LogP) is 2.28. The first-order chi connectivity index (χ1) is 13.7. The number of aliphatic hydroxyl groups excluding tert-OH is 1. The number of nitrogens with zero attached hydrogens (tertiary/aromatic N) is 2. The van der Waals surface area contributed by atoms with Gasteiger partial charge in [-0.25, -0.2) is 0 Å². The van der Waals surface area contributed by atoms with Gasteiger partial charge in [0.05, 0.1) is 0 Å². The van der Waals surface area contributed by atoms with Crippen LogP contribution in [0.5, 0.6) is 17.2 Å². The van der Waals surface area contributed by atoms with Crippen molar-refractivity contribution in [3.8, 4) is 17.2 Å². The van der Waals surface area contributed by atoms with Gasteiger partial charge in [0.1, 0.15) is 18.5 Å². The van der Waals surface area contributed by atoms with Gasteiger partial charge in [-0.3, -0.25) is 9.80 Å². The average molecular weight is 384 g/mol. The lowest BCUT2D eigenvalue weighted by molar-refractivity contribution is 0.0446. The summed E-state index contributed by atoms with van der Waals surface area (Å²) in [6.07, 6.45) is -0.485. The maximum absolute atomic E-state index is 10.3. The third-order valence-electron chi connectivity index (χ3n) is 5.24. The van der Waals surface area contributed by atoms with Crippen LogP contribution in [0.3, 0.4) is 0 Å². The van der Waals surface area contributed by atoms with E-state index in [4.69, 9.17) is 14.2 Å². The molecular formula is C22H28N2O4. The molecule has 6 nitrogen and oxygen atoms in total. The number of fused-ring (bicyclic) bond motifs is 1. The first-order valence-corrected chi connectivity index (χ1v) is 9.86. The van der Waals surface area contributed by atoms with Crippen molar-refractivity contribution in [2.75, 3.05) is 46.1 Å². The Morgan fingerprint density at radius 1 is 0.964 bits per heavy atom. The van der Waals surface area contributed by atoms with Crippen LogP contribution >= 0.6 is 0 Å². The van der Waals surface area contributed by atoms with Crippen LogP contribution in [0, 0.1) is 6.92 Å². The lowest BCUT2D eigenvalue weighted by Crippen LogP contribution is -2.48. The standard InChI is InChI=1S/C22H28N2O4/c1-17-2-5-20(6-3-17)26-15-19(25)14-24-10-8-23(9-11-24)13-18-4-7-21-22(12-18)28-16-27-21/h2-7,12,19,25H,8-11,13-16H2,1H3/t19-/m0/s1. The van der Waals surface area contributed by atoms with E-state index in [9.17, 15) is 5.11 Å². The number of ether oxygens (including phenoxy) is 3. The lowest BCUT2D eigenvalue weighted by atomic mass is 10.1. The summed E-state index contributed by atoms with van der Waals surface area (Å²) in [6.45, 7) is 8.10. The molecule has 0 amide bonds. The van der Waals surface area contributed by atoms with Gasteiger partial charge in [-0.1, -0.05) is 23.8 Å². The van der Waals surface area contributed by atoms with Gasteiger partial charge in [0.25, 0.3) is 0 Å². The normalized spacial score (nSPS) is 18.2. The molecule has 1 N–H and O–H groups in total. The molecule has 0 aromatic heterocycles. The molecule has 0 spiro atoms. The number of benzene rings is 2. The van der Waals surface area contributed by atoms with Gasteiger partial charge in [-0.15, -0.1) is 0 Å². The van der Waals surface area contributed by atoms with E-state index in [0.717, 1.165) is 50.0 Å². The molecule has 6 heteroatoms. The maximum atomic E-state index is 10.3. The molecule has 4 rings (SSSR count). The molecule has 0 unspecified atom stereocenters. The number of hydrogen-bond donors (Lipinski definition) is 1. The number of rotatable bonds is 7. The third kappa shape index (κ3) is 4.95. The predicted molar refractivity (Wildman–Crippen MR) is 107 cm³/mol. The molecule has 0 saturated carbocycles. The van der Waals surface area contributed by atoms with Crippen LogP contribution in [0.4, 0.5) is 0 Å². The number of β-amino-alcohol motifs (C(OH)–C–C–N with tert-alkyl or cyclic N) is 1. The van der Waals surface area contributed by atoms with Gasteiger partial charge >= 0.3 is 0 Å². The van der Waals surface area contributed by atoms with Crippen LogP contribution in [0.25, 0.3) is 0 Å². The third-order valence-corrected chi connectivity index (χ3v) is 5.24. The topological polar surface area (TPSA) is 54.4 Å². The zero-order valence-electron chi connectivity index (χ0n) is 16.3. The van der Waals surface area contributed by atoms with Crippen LogP contribution in [-0.4, -0.2) is 67.1 Å². The first-order valence-electron chi connectivity index (χ1n) is 9.86. The Balaban J connectivity index is 1.18. The number of aryl methyl sites for hydroxylation is 1.